The maximum atomic E-state index is 12.8. The van der Waals surface area contributed by atoms with Gasteiger partial charge in [-0.25, -0.2) is 4.98 Å². The van der Waals surface area contributed by atoms with Crippen molar-refractivity contribution in [1.82, 2.24) is 15.6 Å². The molecule has 10 heteroatoms. The summed E-state index contributed by atoms with van der Waals surface area (Å²) >= 11 is 7.26. The molecule has 0 saturated heterocycles. The summed E-state index contributed by atoms with van der Waals surface area (Å²) < 4.78 is 5.77. The highest BCUT2D eigenvalue weighted by molar-refractivity contribution is 7.11. The number of aliphatic hydroxyl groups is 2. The van der Waals surface area contributed by atoms with Crippen LogP contribution >= 0.6 is 22.9 Å². The number of carbonyl (C=O) groups excluding carboxylic acids is 2. The molecule has 1 aromatic carbocycles. The lowest BCUT2D eigenvalue weighted by Gasteiger charge is -2.51. The highest BCUT2D eigenvalue weighted by atomic mass is 35.5. The quantitative estimate of drug-likeness (QED) is 0.539. The monoisotopic (exact) mass is 475 g/mol. The van der Waals surface area contributed by atoms with Crippen molar-refractivity contribution in [3.63, 3.8) is 0 Å². The van der Waals surface area contributed by atoms with E-state index in [0.29, 0.717) is 46.3 Å². The van der Waals surface area contributed by atoms with E-state index in [4.69, 9.17) is 16.3 Å². The number of aryl methyl sites for hydroxylation is 1. The molecular formula is C22H22ClN3O5S. The number of halogens is 1. The summed E-state index contributed by atoms with van der Waals surface area (Å²) in [6.45, 7) is 1.83. The molecule has 1 aromatic heterocycles. The van der Waals surface area contributed by atoms with Crippen LogP contribution in [0.3, 0.4) is 0 Å². The first-order valence-corrected chi connectivity index (χ1v) is 11.6. The van der Waals surface area contributed by atoms with Gasteiger partial charge in [0.15, 0.2) is 11.1 Å². The number of benzene rings is 1. The Morgan fingerprint density at radius 2 is 2.06 bits per heavy atom. The van der Waals surface area contributed by atoms with E-state index in [0.717, 1.165) is 11.3 Å². The molecule has 0 radical (unpaired) electrons. The molecule has 1 saturated carbocycles. The Morgan fingerprint density at radius 3 is 2.75 bits per heavy atom. The molecule has 2 bridgehead atoms. The van der Waals surface area contributed by atoms with Crippen LogP contribution in [0.25, 0.3) is 0 Å². The molecule has 2 heterocycles. The van der Waals surface area contributed by atoms with Crippen molar-refractivity contribution < 1.29 is 24.5 Å². The Balaban J connectivity index is 1.25. The minimum Gasteiger partial charge on any atom is -0.480 e. The first-order chi connectivity index (χ1) is 15.2. The maximum absolute atomic E-state index is 12.8. The van der Waals surface area contributed by atoms with Gasteiger partial charge in [0.2, 0.25) is 0 Å². The fourth-order valence-corrected chi connectivity index (χ4v) is 5.53. The van der Waals surface area contributed by atoms with Gasteiger partial charge in [-0.15, -0.1) is 11.3 Å². The molecule has 4 aliphatic rings. The van der Waals surface area contributed by atoms with Crippen LogP contribution in [0.15, 0.2) is 34.8 Å². The van der Waals surface area contributed by atoms with Gasteiger partial charge in [-0.3, -0.25) is 9.59 Å². The Hall–Kier alpha value is -2.46. The zero-order chi connectivity index (χ0) is 22.6. The van der Waals surface area contributed by atoms with Crippen LogP contribution in [0.5, 0.6) is 5.75 Å². The minimum atomic E-state index is -0.908. The van der Waals surface area contributed by atoms with Crippen LogP contribution in [0.4, 0.5) is 0 Å². The lowest BCUT2D eigenvalue weighted by atomic mass is 9.63. The Bertz CT molecular complexity index is 1140. The highest BCUT2D eigenvalue weighted by Gasteiger charge is 2.50. The number of nitrogens with one attached hydrogen (secondary N) is 2. The normalized spacial score (nSPS) is 28.3. The number of aliphatic hydroxyl groups excluding tert-OH is 2. The van der Waals surface area contributed by atoms with E-state index in [1.165, 1.54) is 11.3 Å². The molecule has 3 aliphatic carbocycles. The van der Waals surface area contributed by atoms with Crippen molar-refractivity contribution in [2.75, 3.05) is 0 Å². The fraction of sp³-hybridized carbons (Fsp3) is 0.409. The van der Waals surface area contributed by atoms with Gasteiger partial charge in [-0.1, -0.05) is 11.6 Å². The number of amides is 2. The molecule has 6 rings (SSSR count). The van der Waals surface area contributed by atoms with Crippen LogP contribution in [0.1, 0.15) is 52.8 Å². The van der Waals surface area contributed by atoms with Crippen LogP contribution in [-0.4, -0.2) is 44.8 Å². The fourth-order valence-electron chi connectivity index (χ4n) is 4.66. The molecule has 1 fully saturated rings. The van der Waals surface area contributed by atoms with Gasteiger partial charge >= 0.3 is 0 Å². The van der Waals surface area contributed by atoms with E-state index in [-0.39, 0.29) is 12.3 Å². The number of ether oxygens (including phenoxy) is 1. The lowest BCUT2D eigenvalue weighted by Crippen LogP contribution is -2.61. The van der Waals surface area contributed by atoms with E-state index in [2.05, 4.69) is 15.6 Å². The Kier molecular flexibility index (Phi) is 5.24. The summed E-state index contributed by atoms with van der Waals surface area (Å²) in [7, 11) is 0. The SMILES string of the molecule is Cc1csc(C(=O)NC23CC(=C(NC(=O)[C@H]4C[C@@H](O)c5cc(Cl)ccc5O4)[C@@H](O)C2)C3)n1. The van der Waals surface area contributed by atoms with Gasteiger partial charge in [0.1, 0.15) is 5.75 Å². The van der Waals surface area contributed by atoms with E-state index < -0.39 is 29.8 Å². The van der Waals surface area contributed by atoms with Crippen LogP contribution in [-0.2, 0) is 4.79 Å². The number of hydrogen-bond donors (Lipinski definition) is 4. The molecule has 0 spiro atoms. The summed E-state index contributed by atoms with van der Waals surface area (Å²) in [5.74, 6) is -0.254. The van der Waals surface area contributed by atoms with E-state index in [1.807, 2.05) is 12.3 Å². The van der Waals surface area contributed by atoms with Crippen LogP contribution in [0.2, 0.25) is 5.02 Å². The number of rotatable bonds is 4. The second-order valence-corrected chi connectivity index (χ2v) is 9.94. The lowest BCUT2D eigenvalue weighted by molar-refractivity contribution is -0.130. The summed E-state index contributed by atoms with van der Waals surface area (Å²) in [6.07, 6.45) is -1.16. The standard InChI is InChI=1S/C22H22ClN3O5S/c1-10-9-32-21(24-10)20(30)26-22-6-11(7-22)18(15(28)8-22)25-19(29)17-5-14(27)13-4-12(23)2-3-16(13)31-17/h2-4,9,14-15,17,27-28H,5-8H2,1H3,(H,25,29)(H,26,30)/t14-,15+,17-/m1/s1. The smallest absolute Gasteiger partial charge is 0.280 e. The molecule has 32 heavy (non-hydrogen) atoms. The van der Waals surface area contributed by atoms with Gasteiger partial charge in [-0.2, -0.15) is 0 Å². The molecule has 3 atom stereocenters. The van der Waals surface area contributed by atoms with Crippen molar-refractivity contribution in [3.05, 3.63) is 56.1 Å². The summed E-state index contributed by atoms with van der Waals surface area (Å²) in [4.78, 5) is 29.6. The molecule has 2 amide bonds. The number of aromatic nitrogens is 1. The summed E-state index contributed by atoms with van der Waals surface area (Å²) in [5, 5.41) is 29.6. The minimum absolute atomic E-state index is 0.0884. The van der Waals surface area contributed by atoms with Gasteiger partial charge in [0.05, 0.1) is 17.7 Å². The van der Waals surface area contributed by atoms with Crippen LogP contribution in [0, 0.1) is 6.92 Å². The number of thiazole rings is 1. The van der Waals surface area contributed by atoms with Crippen molar-refractivity contribution in [1.29, 1.82) is 0 Å². The Labute approximate surface area is 193 Å². The third-order valence-electron chi connectivity index (χ3n) is 6.18. The molecular weight excluding hydrogens is 454 g/mol. The predicted octanol–water partition coefficient (Wildman–Crippen LogP) is 2.39. The zero-order valence-electron chi connectivity index (χ0n) is 17.2. The van der Waals surface area contributed by atoms with Gasteiger partial charge < -0.3 is 25.6 Å². The third kappa shape index (κ3) is 3.79. The van der Waals surface area contributed by atoms with Crippen LogP contribution < -0.4 is 15.4 Å². The number of hydrogen-bond acceptors (Lipinski definition) is 7. The molecule has 8 nitrogen and oxygen atoms in total. The molecule has 0 unspecified atom stereocenters. The number of fused-ring (bicyclic) bond motifs is 3. The molecule has 168 valence electrons. The van der Waals surface area contributed by atoms with Crippen molar-refractivity contribution in [2.24, 2.45) is 0 Å². The summed E-state index contributed by atoms with van der Waals surface area (Å²) in [6, 6.07) is 4.89. The second-order valence-electron chi connectivity index (χ2n) is 8.65. The predicted molar refractivity (Wildman–Crippen MR) is 118 cm³/mol. The van der Waals surface area contributed by atoms with Gasteiger partial charge in [-0.05, 0) is 43.5 Å². The average molecular weight is 476 g/mol. The molecule has 1 aliphatic heterocycles. The zero-order valence-corrected chi connectivity index (χ0v) is 18.8. The Morgan fingerprint density at radius 1 is 1.28 bits per heavy atom. The number of nitrogens with zero attached hydrogens (tertiary/aromatic N) is 1. The molecule has 4 N–H and O–H groups in total. The van der Waals surface area contributed by atoms with Crippen molar-refractivity contribution in [3.8, 4) is 5.75 Å². The van der Waals surface area contributed by atoms with Gasteiger partial charge in [0.25, 0.3) is 11.8 Å². The van der Waals surface area contributed by atoms with Crippen molar-refractivity contribution in [2.45, 2.75) is 56.5 Å². The highest BCUT2D eigenvalue weighted by Crippen LogP contribution is 2.48. The maximum Gasteiger partial charge on any atom is 0.280 e. The topological polar surface area (TPSA) is 121 Å². The molecule has 2 aromatic rings. The van der Waals surface area contributed by atoms with E-state index in [9.17, 15) is 19.8 Å². The largest absolute Gasteiger partial charge is 0.480 e. The average Bonchev–Trinajstić information content (AvgIpc) is 3.16. The first-order valence-electron chi connectivity index (χ1n) is 10.3. The number of carbonyl (C=O) groups is 2. The summed E-state index contributed by atoms with van der Waals surface area (Å²) in [5.41, 5.74) is 2.19. The third-order valence-corrected chi connectivity index (χ3v) is 7.38. The second kappa shape index (κ2) is 7.84. The van der Waals surface area contributed by atoms with Crippen molar-refractivity contribution >= 4 is 34.8 Å². The van der Waals surface area contributed by atoms with Gasteiger partial charge in [0, 0.05) is 40.2 Å². The van der Waals surface area contributed by atoms with E-state index in [1.54, 1.807) is 18.2 Å². The van der Waals surface area contributed by atoms with E-state index >= 15 is 0 Å². The first kappa shape index (κ1) is 21.4.